The van der Waals surface area contributed by atoms with Crippen molar-refractivity contribution in [2.75, 3.05) is 6.61 Å². The van der Waals surface area contributed by atoms with Gasteiger partial charge in [0.2, 0.25) is 0 Å². The molecule has 0 fully saturated rings. The molecule has 0 radical (unpaired) electrons. The van der Waals surface area contributed by atoms with Gasteiger partial charge >= 0.3 is 0 Å². The van der Waals surface area contributed by atoms with Crippen LogP contribution in [0.15, 0.2) is 48.5 Å². The van der Waals surface area contributed by atoms with Crippen LogP contribution in [0.1, 0.15) is 17.2 Å². The number of aliphatic hydroxyl groups excluding tert-OH is 1. The minimum atomic E-state index is -0.424. The second kappa shape index (κ2) is 6.66. The average Bonchev–Trinajstić information content (AvgIpc) is 2.44. The summed E-state index contributed by atoms with van der Waals surface area (Å²) in [7, 11) is 0. The maximum atomic E-state index is 13.0. The van der Waals surface area contributed by atoms with Gasteiger partial charge in [-0.3, -0.25) is 0 Å². The highest BCUT2D eigenvalue weighted by Gasteiger charge is 2.09. The molecule has 0 amide bonds. The van der Waals surface area contributed by atoms with Gasteiger partial charge in [0.1, 0.15) is 5.82 Å². The van der Waals surface area contributed by atoms with Crippen molar-refractivity contribution >= 4 is 11.6 Å². The normalized spacial score (nSPS) is 12.4. The molecule has 2 aromatic rings. The largest absolute Gasteiger partial charge is 0.394 e. The van der Waals surface area contributed by atoms with E-state index in [0.29, 0.717) is 6.54 Å². The fraction of sp³-hybridized carbons (Fsp3) is 0.200. The summed E-state index contributed by atoms with van der Waals surface area (Å²) in [6.45, 7) is 0.513. The first-order valence-corrected chi connectivity index (χ1v) is 6.41. The number of hydrogen-bond donors (Lipinski definition) is 2. The molecule has 0 aliphatic carbocycles. The van der Waals surface area contributed by atoms with E-state index in [4.69, 9.17) is 11.6 Å². The lowest BCUT2D eigenvalue weighted by atomic mass is 10.1. The van der Waals surface area contributed by atoms with Gasteiger partial charge in [-0.05, 0) is 23.3 Å². The van der Waals surface area contributed by atoms with Gasteiger partial charge in [0, 0.05) is 6.54 Å². The van der Waals surface area contributed by atoms with E-state index in [0.717, 1.165) is 11.1 Å². The zero-order valence-corrected chi connectivity index (χ0v) is 11.1. The molecule has 1 atom stereocenters. The Morgan fingerprint density at radius 2 is 1.89 bits per heavy atom. The summed E-state index contributed by atoms with van der Waals surface area (Å²) in [5.41, 5.74) is 1.89. The van der Waals surface area contributed by atoms with E-state index < -0.39 is 5.82 Å². The smallest absolute Gasteiger partial charge is 0.141 e. The zero-order chi connectivity index (χ0) is 13.7. The van der Waals surface area contributed by atoms with Crippen molar-refractivity contribution in [1.29, 1.82) is 0 Å². The predicted octanol–water partition coefficient (Wildman–Crippen LogP) is 3.30. The van der Waals surface area contributed by atoms with Crippen LogP contribution in [0, 0.1) is 5.82 Å². The Hall–Kier alpha value is -1.42. The fourth-order valence-corrected chi connectivity index (χ4v) is 2.07. The second-order valence-corrected chi connectivity index (χ2v) is 4.68. The Balaban J connectivity index is 2.02. The van der Waals surface area contributed by atoms with Gasteiger partial charge in [0.15, 0.2) is 0 Å². The molecule has 19 heavy (non-hydrogen) atoms. The van der Waals surface area contributed by atoms with E-state index in [9.17, 15) is 9.50 Å². The number of aliphatic hydroxyl groups is 1. The Labute approximate surface area is 116 Å². The van der Waals surface area contributed by atoms with E-state index in [1.165, 1.54) is 6.07 Å². The van der Waals surface area contributed by atoms with Gasteiger partial charge in [-0.2, -0.15) is 0 Å². The summed E-state index contributed by atoms with van der Waals surface area (Å²) in [4.78, 5) is 0. The van der Waals surface area contributed by atoms with Gasteiger partial charge in [-0.25, -0.2) is 4.39 Å². The summed E-state index contributed by atoms with van der Waals surface area (Å²) in [6, 6.07) is 14.1. The molecule has 0 aliphatic rings. The molecule has 2 rings (SSSR count). The second-order valence-electron chi connectivity index (χ2n) is 4.28. The predicted molar refractivity (Wildman–Crippen MR) is 74.5 cm³/mol. The van der Waals surface area contributed by atoms with Crippen LogP contribution >= 0.6 is 11.6 Å². The third-order valence-electron chi connectivity index (χ3n) is 2.92. The Kier molecular flexibility index (Phi) is 4.91. The molecule has 100 valence electrons. The van der Waals surface area contributed by atoms with Crippen LogP contribution in [-0.2, 0) is 6.54 Å². The number of nitrogens with one attached hydrogen (secondary N) is 1. The van der Waals surface area contributed by atoms with Crippen molar-refractivity contribution in [2.45, 2.75) is 12.6 Å². The third-order valence-corrected chi connectivity index (χ3v) is 3.21. The molecule has 2 aromatic carbocycles. The highest BCUT2D eigenvalue weighted by Crippen LogP contribution is 2.17. The number of halogens is 2. The van der Waals surface area contributed by atoms with E-state index in [1.807, 2.05) is 30.3 Å². The summed E-state index contributed by atoms with van der Waals surface area (Å²) >= 11 is 5.73. The van der Waals surface area contributed by atoms with E-state index >= 15 is 0 Å². The van der Waals surface area contributed by atoms with Crippen LogP contribution in [0.4, 0.5) is 4.39 Å². The minimum Gasteiger partial charge on any atom is -0.394 e. The third kappa shape index (κ3) is 3.77. The van der Waals surface area contributed by atoms with Crippen LogP contribution in [0.2, 0.25) is 5.02 Å². The molecule has 2 nitrogen and oxygen atoms in total. The molecule has 0 saturated heterocycles. The lowest BCUT2D eigenvalue weighted by Gasteiger charge is -2.16. The first-order chi connectivity index (χ1) is 9.20. The number of rotatable bonds is 5. The van der Waals surface area contributed by atoms with Crippen LogP contribution in [0.25, 0.3) is 0 Å². The number of hydrogen-bond acceptors (Lipinski definition) is 2. The first kappa shape index (κ1) is 14.0. The fourth-order valence-electron chi connectivity index (χ4n) is 1.86. The summed E-state index contributed by atoms with van der Waals surface area (Å²) in [6.07, 6.45) is 0. The average molecular weight is 280 g/mol. The number of benzene rings is 2. The molecular formula is C15H15ClFNO. The van der Waals surface area contributed by atoms with E-state index in [-0.39, 0.29) is 17.7 Å². The Morgan fingerprint density at radius 1 is 1.16 bits per heavy atom. The standard InChI is InChI=1S/C15H15ClFNO/c16-13-8-11(6-7-14(13)17)9-18-15(10-19)12-4-2-1-3-5-12/h1-8,15,18-19H,9-10H2/t15-/m0/s1. The maximum absolute atomic E-state index is 13.0. The van der Waals surface area contributed by atoms with Crippen LogP contribution in [-0.4, -0.2) is 11.7 Å². The van der Waals surface area contributed by atoms with Crippen molar-refractivity contribution in [3.05, 3.63) is 70.5 Å². The topological polar surface area (TPSA) is 32.3 Å². The molecule has 4 heteroatoms. The van der Waals surface area contributed by atoms with Crippen molar-refractivity contribution in [2.24, 2.45) is 0 Å². The van der Waals surface area contributed by atoms with E-state index in [1.54, 1.807) is 12.1 Å². The van der Waals surface area contributed by atoms with Crippen LogP contribution < -0.4 is 5.32 Å². The van der Waals surface area contributed by atoms with Crippen molar-refractivity contribution in [1.82, 2.24) is 5.32 Å². The summed E-state index contributed by atoms with van der Waals surface area (Å²) in [5.74, 6) is -0.424. The van der Waals surface area contributed by atoms with Crippen molar-refractivity contribution in [3.63, 3.8) is 0 Å². The van der Waals surface area contributed by atoms with Gasteiger partial charge in [0.05, 0.1) is 17.7 Å². The molecule has 0 spiro atoms. The molecule has 0 heterocycles. The summed E-state index contributed by atoms with van der Waals surface area (Å²) < 4.78 is 13.0. The minimum absolute atomic E-state index is 0.00105. The highest BCUT2D eigenvalue weighted by molar-refractivity contribution is 6.30. The van der Waals surface area contributed by atoms with Crippen molar-refractivity contribution in [3.8, 4) is 0 Å². The van der Waals surface area contributed by atoms with Crippen molar-refractivity contribution < 1.29 is 9.50 Å². The van der Waals surface area contributed by atoms with Crippen LogP contribution in [0.5, 0.6) is 0 Å². The lowest BCUT2D eigenvalue weighted by molar-refractivity contribution is 0.243. The molecule has 2 N–H and O–H groups in total. The summed E-state index contributed by atoms with van der Waals surface area (Å²) in [5, 5.41) is 12.7. The maximum Gasteiger partial charge on any atom is 0.141 e. The monoisotopic (exact) mass is 279 g/mol. The Morgan fingerprint density at radius 3 is 2.53 bits per heavy atom. The molecule has 0 aliphatic heterocycles. The quantitative estimate of drug-likeness (QED) is 0.880. The van der Waals surface area contributed by atoms with Gasteiger partial charge in [-0.15, -0.1) is 0 Å². The highest BCUT2D eigenvalue weighted by atomic mass is 35.5. The molecular weight excluding hydrogens is 265 g/mol. The van der Waals surface area contributed by atoms with Gasteiger partial charge in [-0.1, -0.05) is 48.0 Å². The lowest BCUT2D eigenvalue weighted by Crippen LogP contribution is -2.23. The zero-order valence-electron chi connectivity index (χ0n) is 10.3. The molecule has 0 aromatic heterocycles. The van der Waals surface area contributed by atoms with Crippen LogP contribution in [0.3, 0.4) is 0 Å². The molecule has 0 saturated carbocycles. The van der Waals surface area contributed by atoms with Gasteiger partial charge in [0.25, 0.3) is 0 Å². The Bertz CT molecular complexity index is 533. The molecule has 0 bridgehead atoms. The SMILES string of the molecule is OC[C@H](NCc1ccc(F)c(Cl)c1)c1ccccc1. The van der Waals surface area contributed by atoms with Gasteiger partial charge < -0.3 is 10.4 Å². The molecule has 0 unspecified atom stereocenters. The first-order valence-electron chi connectivity index (χ1n) is 6.04. The van der Waals surface area contributed by atoms with E-state index in [2.05, 4.69) is 5.32 Å².